The van der Waals surface area contributed by atoms with Gasteiger partial charge in [-0.1, -0.05) is 6.92 Å². The Morgan fingerprint density at radius 2 is 1.86 bits per heavy atom. The number of nitrogens with two attached hydrogens (primary N) is 1. The molecule has 0 radical (unpaired) electrons. The first-order valence-corrected chi connectivity index (χ1v) is 8.74. The molecule has 0 aliphatic heterocycles. The van der Waals surface area contributed by atoms with Crippen molar-refractivity contribution >= 4 is 33.0 Å². The van der Waals surface area contributed by atoms with Crippen LogP contribution in [0.15, 0.2) is 40.6 Å². The molecule has 112 valence electrons. The zero-order chi connectivity index (χ0) is 15.6. The van der Waals surface area contributed by atoms with Crippen LogP contribution in [0, 0.1) is 0 Å². The predicted molar refractivity (Wildman–Crippen MR) is 84.2 cm³/mol. The zero-order valence-corrected chi connectivity index (χ0v) is 13.4. The molecule has 0 fully saturated rings. The summed E-state index contributed by atoms with van der Waals surface area (Å²) < 4.78 is 22.4. The van der Waals surface area contributed by atoms with Crippen molar-refractivity contribution in [2.75, 3.05) is 11.9 Å². The number of carbonyl (C=O) groups excluding carboxylic acids is 1. The topological polar surface area (TPSA) is 80.5 Å². The van der Waals surface area contributed by atoms with Crippen LogP contribution < -0.4 is 10.0 Å². The second kappa shape index (κ2) is 5.97. The number of anilines is 1. The molecule has 0 saturated heterocycles. The summed E-state index contributed by atoms with van der Waals surface area (Å²) in [5, 5.41) is 6.94. The van der Waals surface area contributed by atoms with E-state index in [-0.39, 0.29) is 10.8 Å². The van der Waals surface area contributed by atoms with E-state index in [1.54, 1.807) is 19.2 Å². The van der Waals surface area contributed by atoms with Gasteiger partial charge in [-0.15, -0.1) is 11.3 Å². The molecule has 0 aliphatic rings. The Bertz CT molecular complexity index is 749. The second-order valence-electron chi connectivity index (χ2n) is 4.53. The van der Waals surface area contributed by atoms with E-state index in [0.29, 0.717) is 10.6 Å². The Morgan fingerprint density at radius 3 is 2.38 bits per heavy atom. The molecule has 7 heteroatoms. The minimum Gasteiger partial charge on any atom is -0.311 e. The fourth-order valence-electron chi connectivity index (χ4n) is 1.93. The number of amides is 1. The molecule has 0 aliphatic carbocycles. The van der Waals surface area contributed by atoms with E-state index in [0.717, 1.165) is 12.0 Å². The Balaban J connectivity index is 2.28. The minimum atomic E-state index is -3.72. The normalized spacial score (nSPS) is 11.4. The number of primary sulfonamides is 1. The second-order valence-corrected chi connectivity index (χ2v) is 7.01. The fourth-order valence-corrected chi connectivity index (χ4v) is 3.42. The first-order valence-electron chi connectivity index (χ1n) is 6.32. The average molecular weight is 324 g/mol. The van der Waals surface area contributed by atoms with Gasteiger partial charge in [0.2, 0.25) is 10.0 Å². The molecule has 0 bridgehead atoms. The van der Waals surface area contributed by atoms with Gasteiger partial charge in [0.1, 0.15) is 0 Å². The number of hydrogen-bond acceptors (Lipinski definition) is 4. The standard InChI is InChI=1S/C14H16N2O3S2/c1-3-10-8-9-20-13(10)14(17)16(2)11-4-6-12(7-5-11)21(15,18)19/h4-9H,3H2,1-2H3,(H2,15,18,19). The van der Waals surface area contributed by atoms with Crippen molar-refractivity contribution < 1.29 is 13.2 Å². The van der Waals surface area contributed by atoms with Gasteiger partial charge >= 0.3 is 0 Å². The molecule has 0 spiro atoms. The largest absolute Gasteiger partial charge is 0.311 e. The van der Waals surface area contributed by atoms with E-state index in [4.69, 9.17) is 5.14 Å². The van der Waals surface area contributed by atoms with Gasteiger partial charge in [0, 0.05) is 12.7 Å². The molecule has 1 aromatic carbocycles. The summed E-state index contributed by atoms with van der Waals surface area (Å²) >= 11 is 1.41. The van der Waals surface area contributed by atoms with Gasteiger partial charge in [-0.05, 0) is 47.7 Å². The molecular weight excluding hydrogens is 308 g/mol. The lowest BCUT2D eigenvalue weighted by molar-refractivity contribution is 0.0996. The SMILES string of the molecule is CCc1ccsc1C(=O)N(C)c1ccc(S(N)(=O)=O)cc1. The van der Waals surface area contributed by atoms with E-state index < -0.39 is 10.0 Å². The van der Waals surface area contributed by atoms with Crippen LogP contribution in [0.25, 0.3) is 0 Å². The van der Waals surface area contributed by atoms with Crippen LogP contribution in [0.4, 0.5) is 5.69 Å². The lowest BCUT2D eigenvalue weighted by atomic mass is 10.2. The quantitative estimate of drug-likeness (QED) is 0.936. The summed E-state index contributed by atoms with van der Waals surface area (Å²) in [5.74, 6) is -0.106. The molecule has 1 amide bonds. The summed E-state index contributed by atoms with van der Waals surface area (Å²) in [7, 11) is -2.06. The lowest BCUT2D eigenvalue weighted by Crippen LogP contribution is -2.26. The van der Waals surface area contributed by atoms with Crippen LogP contribution in [0.5, 0.6) is 0 Å². The summed E-state index contributed by atoms with van der Waals surface area (Å²) in [6.07, 6.45) is 0.794. The number of thiophene rings is 1. The molecule has 0 unspecified atom stereocenters. The minimum absolute atomic E-state index is 0.0254. The Hall–Kier alpha value is -1.70. The summed E-state index contributed by atoms with van der Waals surface area (Å²) in [6, 6.07) is 7.86. The van der Waals surface area contributed by atoms with Crippen LogP contribution in [-0.4, -0.2) is 21.4 Å². The first-order chi connectivity index (χ1) is 9.84. The van der Waals surface area contributed by atoms with E-state index in [1.807, 2.05) is 18.4 Å². The molecule has 0 atom stereocenters. The molecule has 5 nitrogen and oxygen atoms in total. The molecule has 2 N–H and O–H groups in total. The Labute approximate surface area is 128 Å². The molecule has 1 heterocycles. The van der Waals surface area contributed by atoms with Gasteiger partial charge in [0.25, 0.3) is 5.91 Å². The Morgan fingerprint density at radius 1 is 1.24 bits per heavy atom. The number of nitrogens with zero attached hydrogens (tertiary/aromatic N) is 1. The molecule has 0 saturated carbocycles. The summed E-state index contributed by atoms with van der Waals surface area (Å²) in [5.41, 5.74) is 1.63. The third-order valence-electron chi connectivity index (χ3n) is 3.18. The number of hydrogen-bond donors (Lipinski definition) is 1. The van der Waals surface area contributed by atoms with Crippen molar-refractivity contribution in [1.82, 2.24) is 0 Å². The van der Waals surface area contributed by atoms with Crippen molar-refractivity contribution in [1.29, 1.82) is 0 Å². The van der Waals surface area contributed by atoms with E-state index in [2.05, 4.69) is 0 Å². The van der Waals surface area contributed by atoms with Gasteiger partial charge in [-0.25, -0.2) is 13.6 Å². The average Bonchev–Trinajstić information content (AvgIpc) is 2.93. The first kappa shape index (κ1) is 15.7. The van der Waals surface area contributed by atoms with Crippen LogP contribution in [0.1, 0.15) is 22.2 Å². The highest BCUT2D eigenvalue weighted by atomic mass is 32.2. The van der Waals surface area contributed by atoms with Crippen molar-refractivity contribution in [3.05, 3.63) is 46.2 Å². The molecule has 2 rings (SSSR count). The maximum Gasteiger partial charge on any atom is 0.268 e. The highest BCUT2D eigenvalue weighted by Crippen LogP contribution is 2.23. The van der Waals surface area contributed by atoms with Crippen LogP contribution in [0.3, 0.4) is 0 Å². The van der Waals surface area contributed by atoms with Gasteiger partial charge < -0.3 is 4.90 Å². The summed E-state index contributed by atoms with van der Waals surface area (Å²) in [6.45, 7) is 2.00. The van der Waals surface area contributed by atoms with E-state index >= 15 is 0 Å². The number of sulfonamides is 1. The molecular formula is C14H16N2O3S2. The third kappa shape index (κ3) is 3.31. The highest BCUT2D eigenvalue weighted by molar-refractivity contribution is 7.89. The monoisotopic (exact) mass is 324 g/mol. The molecule has 1 aromatic heterocycles. The predicted octanol–water partition coefficient (Wildman–Crippen LogP) is 2.23. The third-order valence-corrected chi connectivity index (χ3v) is 5.05. The summed E-state index contributed by atoms with van der Waals surface area (Å²) in [4.78, 5) is 14.7. The Kier molecular flexibility index (Phi) is 4.46. The van der Waals surface area contributed by atoms with Crippen LogP contribution >= 0.6 is 11.3 Å². The zero-order valence-electron chi connectivity index (χ0n) is 11.7. The van der Waals surface area contributed by atoms with Crippen molar-refractivity contribution in [2.45, 2.75) is 18.2 Å². The number of aryl methyl sites for hydroxylation is 1. The van der Waals surface area contributed by atoms with Gasteiger partial charge in [-0.3, -0.25) is 4.79 Å². The smallest absolute Gasteiger partial charge is 0.268 e. The van der Waals surface area contributed by atoms with Gasteiger partial charge in [0.15, 0.2) is 0 Å². The molecule has 21 heavy (non-hydrogen) atoms. The maximum absolute atomic E-state index is 12.5. The highest BCUT2D eigenvalue weighted by Gasteiger charge is 2.18. The van der Waals surface area contributed by atoms with Crippen molar-refractivity contribution in [3.63, 3.8) is 0 Å². The van der Waals surface area contributed by atoms with Crippen molar-refractivity contribution in [2.24, 2.45) is 5.14 Å². The fraction of sp³-hybridized carbons (Fsp3) is 0.214. The lowest BCUT2D eigenvalue weighted by Gasteiger charge is -2.17. The molecule has 2 aromatic rings. The number of rotatable bonds is 4. The maximum atomic E-state index is 12.5. The number of benzene rings is 1. The van der Waals surface area contributed by atoms with Crippen molar-refractivity contribution in [3.8, 4) is 0 Å². The van der Waals surface area contributed by atoms with Gasteiger partial charge in [0.05, 0.1) is 9.77 Å². The van der Waals surface area contributed by atoms with Gasteiger partial charge in [-0.2, -0.15) is 0 Å². The van der Waals surface area contributed by atoms with Crippen LogP contribution in [-0.2, 0) is 16.4 Å². The van der Waals surface area contributed by atoms with Crippen LogP contribution in [0.2, 0.25) is 0 Å². The number of carbonyl (C=O) groups is 1. The van der Waals surface area contributed by atoms with E-state index in [9.17, 15) is 13.2 Å². The van der Waals surface area contributed by atoms with E-state index in [1.165, 1.54) is 28.4 Å².